The van der Waals surface area contributed by atoms with E-state index in [9.17, 15) is 9.59 Å². The fourth-order valence-corrected chi connectivity index (χ4v) is 4.85. The number of benzene rings is 3. The number of rotatable bonds is 4. The number of imide groups is 1. The van der Waals surface area contributed by atoms with Gasteiger partial charge in [-0.1, -0.05) is 55.5 Å². The van der Waals surface area contributed by atoms with E-state index in [0.717, 1.165) is 36.1 Å². The zero-order chi connectivity index (χ0) is 21.4. The lowest BCUT2D eigenvalue weighted by molar-refractivity contribution is -0.122. The van der Waals surface area contributed by atoms with Crippen LogP contribution in [0.15, 0.2) is 78.9 Å². The van der Waals surface area contributed by atoms with Crippen molar-refractivity contribution in [1.82, 2.24) is 0 Å². The fourth-order valence-electron chi connectivity index (χ4n) is 4.85. The van der Waals surface area contributed by atoms with Crippen LogP contribution in [0.1, 0.15) is 26.2 Å². The Kier molecular flexibility index (Phi) is 5.06. The summed E-state index contributed by atoms with van der Waals surface area (Å²) in [6.07, 6.45) is 2.63. The molecule has 0 N–H and O–H groups in total. The second-order valence-electron chi connectivity index (χ2n) is 8.60. The van der Waals surface area contributed by atoms with E-state index < -0.39 is 0 Å². The van der Waals surface area contributed by atoms with Crippen molar-refractivity contribution in [1.29, 1.82) is 0 Å². The first kappa shape index (κ1) is 19.6. The van der Waals surface area contributed by atoms with Crippen LogP contribution in [0.3, 0.4) is 0 Å². The van der Waals surface area contributed by atoms with E-state index in [4.69, 9.17) is 4.74 Å². The first-order valence-corrected chi connectivity index (χ1v) is 10.9. The van der Waals surface area contributed by atoms with Crippen molar-refractivity contribution in [2.24, 2.45) is 17.8 Å². The summed E-state index contributed by atoms with van der Waals surface area (Å²) in [6, 6.07) is 25.3. The number of hydrogen-bond acceptors (Lipinski definition) is 3. The zero-order valence-electron chi connectivity index (χ0n) is 17.5. The Hall–Kier alpha value is -3.40. The Bertz CT molecular complexity index is 1110. The summed E-state index contributed by atoms with van der Waals surface area (Å²) in [7, 11) is 0. The first-order valence-electron chi connectivity index (χ1n) is 10.9. The Morgan fingerprint density at radius 3 is 2.23 bits per heavy atom. The van der Waals surface area contributed by atoms with Gasteiger partial charge in [0, 0.05) is 5.56 Å². The second-order valence-corrected chi connectivity index (χ2v) is 8.60. The lowest BCUT2D eigenvalue weighted by atomic mass is 9.76. The topological polar surface area (TPSA) is 46.6 Å². The van der Waals surface area contributed by atoms with Gasteiger partial charge in [-0.3, -0.25) is 14.5 Å². The van der Waals surface area contributed by atoms with Gasteiger partial charge in [-0.15, -0.1) is 0 Å². The number of carbonyl (C=O) groups is 2. The van der Waals surface area contributed by atoms with E-state index in [2.05, 4.69) is 19.1 Å². The highest BCUT2D eigenvalue weighted by atomic mass is 16.5. The van der Waals surface area contributed by atoms with Gasteiger partial charge in [0.2, 0.25) is 11.8 Å². The van der Waals surface area contributed by atoms with Gasteiger partial charge in [0.05, 0.1) is 17.5 Å². The highest BCUT2D eigenvalue weighted by molar-refractivity contribution is 6.22. The van der Waals surface area contributed by atoms with Crippen molar-refractivity contribution >= 4 is 17.5 Å². The van der Waals surface area contributed by atoms with Crippen LogP contribution < -0.4 is 9.64 Å². The molecule has 2 fully saturated rings. The summed E-state index contributed by atoms with van der Waals surface area (Å²) in [5, 5.41) is 0. The van der Waals surface area contributed by atoms with Gasteiger partial charge in [-0.25, -0.2) is 0 Å². The maximum absolute atomic E-state index is 12.9. The number of carbonyl (C=O) groups excluding carboxylic acids is 2. The van der Waals surface area contributed by atoms with Crippen LogP contribution in [0.2, 0.25) is 0 Å². The molecule has 31 heavy (non-hydrogen) atoms. The molecule has 2 aliphatic rings. The summed E-state index contributed by atoms with van der Waals surface area (Å²) >= 11 is 0. The largest absolute Gasteiger partial charge is 0.457 e. The predicted molar refractivity (Wildman–Crippen MR) is 121 cm³/mol. The van der Waals surface area contributed by atoms with Crippen molar-refractivity contribution < 1.29 is 14.3 Å². The number of nitrogens with zero attached hydrogens (tertiary/aromatic N) is 1. The van der Waals surface area contributed by atoms with Crippen LogP contribution in [-0.4, -0.2) is 11.8 Å². The van der Waals surface area contributed by atoms with Crippen molar-refractivity contribution in [2.75, 3.05) is 4.90 Å². The molecule has 1 aliphatic carbocycles. The predicted octanol–water partition coefficient (Wildman–Crippen LogP) is 6.07. The van der Waals surface area contributed by atoms with Crippen molar-refractivity contribution in [3.63, 3.8) is 0 Å². The zero-order valence-corrected chi connectivity index (χ0v) is 17.5. The number of ether oxygens (including phenoxy) is 1. The molecule has 3 aromatic carbocycles. The number of fused-ring (bicyclic) bond motifs is 1. The molecule has 4 heteroatoms. The molecule has 5 rings (SSSR count). The van der Waals surface area contributed by atoms with Crippen LogP contribution in [-0.2, 0) is 9.59 Å². The minimum Gasteiger partial charge on any atom is -0.457 e. The summed E-state index contributed by atoms with van der Waals surface area (Å²) in [6.45, 7) is 2.16. The summed E-state index contributed by atoms with van der Waals surface area (Å²) < 4.78 is 6.16. The molecular weight excluding hydrogens is 386 g/mol. The van der Waals surface area contributed by atoms with E-state index in [1.54, 1.807) is 12.1 Å². The average Bonchev–Trinajstić information content (AvgIpc) is 3.05. The molecule has 156 valence electrons. The molecule has 0 aromatic heterocycles. The van der Waals surface area contributed by atoms with Crippen LogP contribution in [0.4, 0.5) is 5.69 Å². The molecule has 0 unspecified atom stereocenters. The van der Waals surface area contributed by atoms with Gasteiger partial charge >= 0.3 is 0 Å². The number of hydrogen-bond donors (Lipinski definition) is 0. The molecule has 1 saturated carbocycles. The third-order valence-electron chi connectivity index (χ3n) is 6.48. The standard InChI is InChI=1S/C27H25NO3/c1-18-11-16-23-24(17-18)27(30)28(26(23)29)20-12-14-21(15-13-20)31-25-10-6-5-9-22(25)19-7-3-2-4-8-19/h2-10,12-15,18,23-24H,11,16-17H2,1H3/t18-,23-,24+/m1/s1. The first-order chi connectivity index (χ1) is 15.1. The third-order valence-corrected chi connectivity index (χ3v) is 6.48. The molecular formula is C27H25NO3. The highest BCUT2D eigenvalue weighted by Gasteiger charge is 2.49. The van der Waals surface area contributed by atoms with Crippen molar-refractivity contribution in [3.8, 4) is 22.6 Å². The molecule has 3 aromatic rings. The molecule has 0 bridgehead atoms. The minimum absolute atomic E-state index is 0.0509. The Balaban J connectivity index is 1.37. The number of amides is 2. The van der Waals surface area contributed by atoms with Crippen LogP contribution >= 0.6 is 0 Å². The van der Waals surface area contributed by atoms with Crippen molar-refractivity contribution in [2.45, 2.75) is 26.2 Å². The van der Waals surface area contributed by atoms with E-state index >= 15 is 0 Å². The van der Waals surface area contributed by atoms with Gasteiger partial charge in [0.1, 0.15) is 11.5 Å². The molecule has 3 atom stereocenters. The number of anilines is 1. The Morgan fingerprint density at radius 2 is 1.45 bits per heavy atom. The van der Waals surface area contributed by atoms with E-state index in [1.807, 2.05) is 54.6 Å². The van der Waals surface area contributed by atoms with E-state index in [-0.39, 0.29) is 23.7 Å². The van der Waals surface area contributed by atoms with Crippen LogP contribution in [0.25, 0.3) is 11.1 Å². The molecule has 4 nitrogen and oxygen atoms in total. The van der Waals surface area contributed by atoms with Gasteiger partial charge in [0.15, 0.2) is 0 Å². The second kappa shape index (κ2) is 8.03. The summed E-state index contributed by atoms with van der Waals surface area (Å²) in [4.78, 5) is 27.2. The molecule has 0 spiro atoms. The maximum atomic E-state index is 12.9. The van der Waals surface area contributed by atoms with E-state index in [0.29, 0.717) is 17.4 Å². The SMILES string of the molecule is C[C@@H]1CC[C@H]2C(=O)N(c3ccc(Oc4ccccc4-c4ccccc4)cc3)C(=O)[C@H]2C1. The third kappa shape index (κ3) is 3.63. The molecule has 2 amide bonds. The van der Waals surface area contributed by atoms with E-state index in [1.165, 1.54) is 4.90 Å². The molecule has 1 aliphatic heterocycles. The Labute approximate surface area is 182 Å². The van der Waals surface area contributed by atoms with Gasteiger partial charge in [0.25, 0.3) is 0 Å². The van der Waals surface area contributed by atoms with Crippen LogP contribution in [0, 0.1) is 17.8 Å². The minimum atomic E-state index is -0.162. The smallest absolute Gasteiger partial charge is 0.237 e. The van der Waals surface area contributed by atoms with Gasteiger partial charge in [-0.05, 0) is 61.1 Å². The lowest BCUT2D eigenvalue weighted by Crippen LogP contribution is -2.30. The highest BCUT2D eigenvalue weighted by Crippen LogP contribution is 2.42. The summed E-state index contributed by atoms with van der Waals surface area (Å²) in [5.74, 6) is 1.50. The normalized spacial score (nSPS) is 23.0. The quantitative estimate of drug-likeness (QED) is 0.490. The molecule has 0 radical (unpaired) electrons. The lowest BCUT2D eigenvalue weighted by Gasteiger charge is -2.25. The molecule has 1 heterocycles. The number of para-hydroxylation sites is 1. The maximum Gasteiger partial charge on any atom is 0.237 e. The van der Waals surface area contributed by atoms with Gasteiger partial charge < -0.3 is 4.74 Å². The Morgan fingerprint density at radius 1 is 0.774 bits per heavy atom. The molecule has 1 saturated heterocycles. The van der Waals surface area contributed by atoms with Crippen LogP contribution in [0.5, 0.6) is 11.5 Å². The van der Waals surface area contributed by atoms with Crippen molar-refractivity contribution in [3.05, 3.63) is 78.9 Å². The monoisotopic (exact) mass is 411 g/mol. The summed E-state index contributed by atoms with van der Waals surface area (Å²) in [5.41, 5.74) is 2.72. The van der Waals surface area contributed by atoms with Gasteiger partial charge in [-0.2, -0.15) is 0 Å². The average molecular weight is 412 g/mol. The fraction of sp³-hybridized carbons (Fsp3) is 0.259.